The van der Waals surface area contributed by atoms with Crippen molar-refractivity contribution in [2.45, 2.75) is 43.7 Å². The summed E-state index contributed by atoms with van der Waals surface area (Å²) < 4.78 is 10.8. The van der Waals surface area contributed by atoms with E-state index in [9.17, 15) is 0 Å². The maximum absolute atomic E-state index is 5.53. The first kappa shape index (κ1) is 15.6. The summed E-state index contributed by atoms with van der Waals surface area (Å²) in [4.78, 5) is 14.0. The Morgan fingerprint density at radius 1 is 1.24 bits per heavy atom. The van der Waals surface area contributed by atoms with Gasteiger partial charge >= 0.3 is 6.01 Å². The van der Waals surface area contributed by atoms with Gasteiger partial charge in [-0.2, -0.15) is 15.0 Å². The molecule has 0 saturated heterocycles. The van der Waals surface area contributed by atoms with Crippen LogP contribution in [0.25, 0.3) is 0 Å². The third-order valence-corrected chi connectivity index (χ3v) is 3.58. The topological polar surface area (TPSA) is 73.1 Å². The molecule has 1 N–H and O–H groups in total. The van der Waals surface area contributed by atoms with Gasteiger partial charge < -0.3 is 14.5 Å². The molecule has 0 spiro atoms. The maximum atomic E-state index is 5.53. The van der Waals surface area contributed by atoms with Crippen molar-refractivity contribution in [3.63, 3.8) is 0 Å². The van der Waals surface area contributed by atoms with Gasteiger partial charge in [0.05, 0.1) is 17.8 Å². The van der Waals surface area contributed by atoms with Crippen molar-refractivity contribution in [2.24, 2.45) is 0 Å². The number of furan rings is 1. The summed E-state index contributed by atoms with van der Waals surface area (Å²) in [5.74, 6) is 1.39. The minimum absolute atomic E-state index is 0.356. The molecular weight excluding hydrogens is 288 g/mol. The number of hydrogen-bond donors (Lipinski definition) is 1. The van der Waals surface area contributed by atoms with Gasteiger partial charge in [-0.25, -0.2) is 0 Å². The summed E-state index contributed by atoms with van der Waals surface area (Å²) in [6, 6.07) is 2.25. The highest BCUT2D eigenvalue weighted by atomic mass is 32.2. The molecule has 2 rings (SSSR count). The van der Waals surface area contributed by atoms with Crippen molar-refractivity contribution < 1.29 is 9.15 Å². The van der Waals surface area contributed by atoms with Crippen LogP contribution in [0, 0.1) is 6.92 Å². The largest absolute Gasteiger partial charge is 0.468 e. The molecule has 0 aliphatic carbocycles. The first-order chi connectivity index (χ1) is 10.2. The zero-order chi connectivity index (χ0) is 15.1. The van der Waals surface area contributed by atoms with Crippen molar-refractivity contribution in [3.05, 3.63) is 18.1 Å². The number of ether oxygens (including phenoxy) is 1. The Labute approximate surface area is 128 Å². The second kappa shape index (κ2) is 7.87. The highest BCUT2D eigenvalue weighted by Gasteiger charge is 2.11. The van der Waals surface area contributed by atoms with Crippen LogP contribution in [0.4, 0.5) is 5.95 Å². The molecule has 0 bridgehead atoms. The van der Waals surface area contributed by atoms with E-state index in [4.69, 9.17) is 9.15 Å². The van der Waals surface area contributed by atoms with E-state index in [0.29, 0.717) is 23.7 Å². The second-order valence-corrected chi connectivity index (χ2v) is 5.45. The molecule has 21 heavy (non-hydrogen) atoms. The molecule has 0 amide bonds. The van der Waals surface area contributed by atoms with E-state index >= 15 is 0 Å². The average Bonchev–Trinajstić information content (AvgIpc) is 2.88. The number of hydrogen-bond acceptors (Lipinski definition) is 7. The standard InChI is InChI=1S/C14H20N4O2S/c1-4-7-15-12-16-13(20-8-5-2)18-14(17-12)21-11-6-9-19-10(11)3/h6,9H,4-5,7-8H2,1-3H3,(H,15,16,17,18). The molecule has 0 aliphatic heterocycles. The van der Waals surface area contributed by atoms with Gasteiger partial charge in [-0.05, 0) is 37.6 Å². The average molecular weight is 308 g/mol. The maximum Gasteiger partial charge on any atom is 0.322 e. The van der Waals surface area contributed by atoms with Crippen molar-refractivity contribution >= 4 is 17.7 Å². The second-order valence-electron chi connectivity index (χ2n) is 4.44. The molecule has 0 aliphatic rings. The van der Waals surface area contributed by atoms with Gasteiger partial charge in [-0.1, -0.05) is 13.8 Å². The molecule has 0 radical (unpaired) electrons. The number of anilines is 1. The van der Waals surface area contributed by atoms with E-state index in [1.807, 2.05) is 19.9 Å². The number of aromatic nitrogens is 3. The summed E-state index contributed by atoms with van der Waals surface area (Å²) in [6.45, 7) is 7.45. The molecule has 0 unspecified atom stereocenters. The molecule has 0 saturated carbocycles. The lowest BCUT2D eigenvalue weighted by atomic mass is 10.5. The van der Waals surface area contributed by atoms with Crippen molar-refractivity contribution in [1.29, 1.82) is 0 Å². The lowest BCUT2D eigenvalue weighted by molar-refractivity contribution is 0.288. The molecule has 2 aromatic rings. The summed E-state index contributed by atoms with van der Waals surface area (Å²) in [6.07, 6.45) is 3.57. The smallest absolute Gasteiger partial charge is 0.322 e. The molecule has 7 heteroatoms. The predicted molar refractivity (Wildman–Crippen MR) is 82.0 cm³/mol. The Balaban J connectivity index is 2.19. The van der Waals surface area contributed by atoms with Gasteiger partial charge in [0, 0.05) is 6.54 Å². The third kappa shape index (κ3) is 4.63. The van der Waals surface area contributed by atoms with E-state index < -0.39 is 0 Å². The van der Waals surface area contributed by atoms with Crippen LogP contribution in [-0.2, 0) is 0 Å². The van der Waals surface area contributed by atoms with Gasteiger partial charge in [0.25, 0.3) is 0 Å². The fourth-order valence-electron chi connectivity index (χ4n) is 1.53. The molecule has 6 nitrogen and oxygen atoms in total. The van der Waals surface area contributed by atoms with Gasteiger partial charge in [-0.3, -0.25) is 0 Å². The summed E-state index contributed by atoms with van der Waals surface area (Å²) in [7, 11) is 0. The summed E-state index contributed by atoms with van der Waals surface area (Å²) >= 11 is 1.44. The Hall–Kier alpha value is -1.76. The zero-order valence-electron chi connectivity index (χ0n) is 12.5. The summed E-state index contributed by atoms with van der Waals surface area (Å²) in [5, 5.41) is 3.76. The zero-order valence-corrected chi connectivity index (χ0v) is 13.4. The van der Waals surface area contributed by atoms with Gasteiger partial charge in [0.1, 0.15) is 5.76 Å². The van der Waals surface area contributed by atoms with Crippen LogP contribution in [0.2, 0.25) is 0 Å². The van der Waals surface area contributed by atoms with Crippen molar-refractivity contribution in [3.8, 4) is 6.01 Å². The minimum atomic E-state index is 0.356. The monoisotopic (exact) mass is 308 g/mol. The Morgan fingerprint density at radius 3 is 2.76 bits per heavy atom. The van der Waals surface area contributed by atoms with E-state index in [2.05, 4.69) is 27.2 Å². The van der Waals surface area contributed by atoms with Crippen LogP contribution >= 0.6 is 11.8 Å². The number of aryl methyl sites for hydroxylation is 1. The lowest BCUT2D eigenvalue weighted by Gasteiger charge is -2.08. The fraction of sp³-hybridized carbons (Fsp3) is 0.500. The number of rotatable bonds is 8. The molecule has 114 valence electrons. The number of nitrogens with one attached hydrogen (secondary N) is 1. The van der Waals surface area contributed by atoms with Crippen LogP contribution in [0.1, 0.15) is 32.4 Å². The highest BCUT2D eigenvalue weighted by Crippen LogP contribution is 2.29. The molecule has 2 heterocycles. The van der Waals surface area contributed by atoms with Gasteiger partial charge in [0.15, 0.2) is 0 Å². The van der Waals surface area contributed by atoms with Crippen LogP contribution in [0.15, 0.2) is 26.8 Å². The van der Waals surface area contributed by atoms with Crippen LogP contribution in [-0.4, -0.2) is 28.1 Å². The predicted octanol–water partition coefficient (Wildman–Crippen LogP) is 3.53. The van der Waals surface area contributed by atoms with Crippen LogP contribution in [0.5, 0.6) is 6.01 Å². The highest BCUT2D eigenvalue weighted by molar-refractivity contribution is 7.99. The SMILES string of the molecule is CCCNc1nc(OCCC)nc(Sc2ccoc2C)n1. The Morgan fingerprint density at radius 2 is 2.10 bits per heavy atom. The molecular formula is C14H20N4O2S. The first-order valence-electron chi connectivity index (χ1n) is 7.07. The van der Waals surface area contributed by atoms with Gasteiger partial charge in [-0.15, -0.1) is 0 Å². The number of nitrogens with zero attached hydrogens (tertiary/aromatic N) is 3. The Kier molecular flexibility index (Phi) is 5.86. The molecule has 0 atom stereocenters. The van der Waals surface area contributed by atoms with E-state index in [1.54, 1.807) is 6.26 Å². The minimum Gasteiger partial charge on any atom is -0.468 e. The summed E-state index contributed by atoms with van der Waals surface area (Å²) in [5.41, 5.74) is 0. The normalized spacial score (nSPS) is 10.6. The van der Waals surface area contributed by atoms with Crippen LogP contribution < -0.4 is 10.1 Å². The third-order valence-electron chi connectivity index (χ3n) is 2.58. The molecule has 0 fully saturated rings. The van der Waals surface area contributed by atoms with Crippen molar-refractivity contribution in [1.82, 2.24) is 15.0 Å². The lowest BCUT2D eigenvalue weighted by Crippen LogP contribution is -2.08. The van der Waals surface area contributed by atoms with E-state index in [0.717, 1.165) is 30.0 Å². The van der Waals surface area contributed by atoms with E-state index in [-0.39, 0.29) is 0 Å². The van der Waals surface area contributed by atoms with Crippen molar-refractivity contribution in [2.75, 3.05) is 18.5 Å². The van der Waals surface area contributed by atoms with Gasteiger partial charge in [0.2, 0.25) is 11.1 Å². The van der Waals surface area contributed by atoms with Crippen LogP contribution in [0.3, 0.4) is 0 Å². The van der Waals surface area contributed by atoms with E-state index in [1.165, 1.54) is 11.8 Å². The Bertz CT molecular complexity index is 548. The molecule has 2 aromatic heterocycles. The first-order valence-corrected chi connectivity index (χ1v) is 7.89. The fourth-order valence-corrected chi connectivity index (χ4v) is 2.30. The quantitative estimate of drug-likeness (QED) is 0.799. The molecule has 0 aromatic carbocycles.